The van der Waals surface area contributed by atoms with Crippen LogP contribution in [-0.4, -0.2) is 32.5 Å². The summed E-state index contributed by atoms with van der Waals surface area (Å²) >= 11 is 1.59. The minimum atomic E-state index is -0.395. The Bertz CT molecular complexity index is 862. The smallest absolute Gasteiger partial charge is 0.127 e. The highest BCUT2D eigenvalue weighted by Gasteiger charge is 2.25. The van der Waals surface area contributed by atoms with Crippen LogP contribution in [0.4, 0.5) is 8.78 Å². The predicted molar refractivity (Wildman–Crippen MR) is 97.1 cm³/mol. The van der Waals surface area contributed by atoms with E-state index in [1.165, 1.54) is 12.1 Å². The fourth-order valence-electron chi connectivity index (χ4n) is 3.62. The summed E-state index contributed by atoms with van der Waals surface area (Å²) in [5.41, 5.74) is 3.28. The third kappa shape index (κ3) is 3.83. The molecular weight excluding hydrogens is 354 g/mol. The molecule has 0 saturated carbocycles. The molecule has 26 heavy (non-hydrogen) atoms. The molecule has 3 aromatic rings. The monoisotopic (exact) mass is 374 g/mol. The zero-order chi connectivity index (χ0) is 17.9. The van der Waals surface area contributed by atoms with Crippen molar-refractivity contribution in [2.45, 2.75) is 31.8 Å². The van der Waals surface area contributed by atoms with E-state index in [0.29, 0.717) is 18.7 Å². The highest BCUT2D eigenvalue weighted by Crippen LogP contribution is 2.27. The largest absolute Gasteiger partial charge is 0.329 e. The first-order valence-electron chi connectivity index (χ1n) is 8.73. The lowest BCUT2D eigenvalue weighted by Gasteiger charge is -2.32. The molecule has 4 rings (SSSR count). The molecule has 7 heteroatoms. The average Bonchev–Trinajstić information content (AvgIpc) is 3.31. The average molecular weight is 374 g/mol. The Hall–Kier alpha value is -2.12. The van der Waals surface area contributed by atoms with Crippen LogP contribution in [0.25, 0.3) is 0 Å². The number of halogens is 2. The molecule has 1 unspecified atom stereocenters. The summed E-state index contributed by atoms with van der Waals surface area (Å²) in [6.07, 6.45) is 5.88. The van der Waals surface area contributed by atoms with Crippen LogP contribution in [0.5, 0.6) is 0 Å². The van der Waals surface area contributed by atoms with Gasteiger partial charge in [-0.1, -0.05) is 0 Å². The Labute approximate surface area is 155 Å². The molecule has 0 aliphatic carbocycles. The summed E-state index contributed by atoms with van der Waals surface area (Å²) < 4.78 is 29.5. The van der Waals surface area contributed by atoms with E-state index in [1.807, 2.05) is 23.3 Å². The summed E-state index contributed by atoms with van der Waals surface area (Å²) in [7, 11) is 0. The minimum Gasteiger partial charge on any atom is -0.329 e. The summed E-state index contributed by atoms with van der Waals surface area (Å²) in [5, 5.41) is 2.05. The second-order valence-electron chi connectivity index (χ2n) is 6.70. The van der Waals surface area contributed by atoms with Crippen molar-refractivity contribution in [1.82, 2.24) is 19.4 Å². The molecular formula is C19H20F2N4S. The van der Waals surface area contributed by atoms with E-state index in [-0.39, 0.29) is 11.7 Å². The molecule has 0 radical (unpaired) electrons. The molecule has 1 saturated heterocycles. The zero-order valence-corrected chi connectivity index (χ0v) is 15.1. The van der Waals surface area contributed by atoms with Crippen LogP contribution in [0.3, 0.4) is 0 Å². The van der Waals surface area contributed by atoms with Crippen molar-refractivity contribution < 1.29 is 8.78 Å². The lowest BCUT2D eigenvalue weighted by atomic mass is 9.96. The van der Waals surface area contributed by atoms with Crippen molar-refractivity contribution in [2.24, 2.45) is 0 Å². The van der Waals surface area contributed by atoms with Gasteiger partial charge < -0.3 is 4.57 Å². The molecule has 136 valence electrons. The molecule has 1 fully saturated rings. The number of benzene rings is 1. The molecule has 0 amide bonds. The van der Waals surface area contributed by atoms with Gasteiger partial charge in [-0.15, -0.1) is 11.3 Å². The van der Waals surface area contributed by atoms with Gasteiger partial charge in [0.05, 0.1) is 17.7 Å². The lowest BCUT2D eigenvalue weighted by molar-refractivity contribution is 0.192. The van der Waals surface area contributed by atoms with Gasteiger partial charge in [0.1, 0.15) is 17.5 Å². The Morgan fingerprint density at radius 3 is 2.96 bits per heavy atom. The maximum atomic E-state index is 14.0. The fraction of sp³-hybridized carbons (Fsp3) is 0.368. The molecule has 0 N–H and O–H groups in total. The minimum absolute atomic E-state index is 0.286. The van der Waals surface area contributed by atoms with Crippen LogP contribution in [0.15, 0.2) is 41.5 Å². The quantitative estimate of drug-likeness (QED) is 0.676. The number of piperidine rings is 1. The standard InChI is InChI=1S/C19H20F2N4S/c20-16-3-4-18(21)15(8-16)10-24-6-1-2-14(9-24)19-22-5-7-25(19)11-17-12-26-13-23-17/h3-5,7-8,12-14H,1-2,6,9-11H2. The molecule has 2 aromatic heterocycles. The number of thiazole rings is 1. The molecule has 1 atom stereocenters. The first kappa shape index (κ1) is 17.3. The van der Waals surface area contributed by atoms with E-state index < -0.39 is 5.82 Å². The number of rotatable bonds is 5. The summed E-state index contributed by atoms with van der Waals surface area (Å²) in [5.74, 6) is 0.587. The number of hydrogen-bond acceptors (Lipinski definition) is 4. The summed E-state index contributed by atoms with van der Waals surface area (Å²) in [6, 6.07) is 3.65. The fourth-order valence-corrected chi connectivity index (χ4v) is 4.17. The van der Waals surface area contributed by atoms with E-state index in [2.05, 4.69) is 19.4 Å². The van der Waals surface area contributed by atoms with Gasteiger partial charge in [-0.3, -0.25) is 4.90 Å². The molecule has 1 aliphatic heterocycles. The van der Waals surface area contributed by atoms with Gasteiger partial charge in [-0.2, -0.15) is 0 Å². The van der Waals surface area contributed by atoms with Crippen LogP contribution in [0, 0.1) is 11.6 Å². The van der Waals surface area contributed by atoms with Crippen molar-refractivity contribution in [1.29, 1.82) is 0 Å². The Morgan fingerprint density at radius 1 is 1.19 bits per heavy atom. The molecule has 0 spiro atoms. The Balaban J connectivity index is 1.47. The van der Waals surface area contributed by atoms with Crippen molar-refractivity contribution in [3.8, 4) is 0 Å². The zero-order valence-electron chi connectivity index (χ0n) is 14.3. The molecule has 1 aromatic carbocycles. The molecule has 3 heterocycles. The van der Waals surface area contributed by atoms with Crippen molar-refractivity contribution in [3.05, 3.63) is 70.2 Å². The van der Waals surface area contributed by atoms with Gasteiger partial charge in [0.15, 0.2) is 0 Å². The van der Waals surface area contributed by atoms with Crippen molar-refractivity contribution >= 4 is 11.3 Å². The Morgan fingerprint density at radius 2 is 2.12 bits per heavy atom. The van der Waals surface area contributed by atoms with Gasteiger partial charge in [-0.05, 0) is 37.6 Å². The van der Waals surface area contributed by atoms with Crippen LogP contribution >= 0.6 is 11.3 Å². The number of aromatic nitrogens is 3. The molecule has 0 bridgehead atoms. The van der Waals surface area contributed by atoms with Gasteiger partial charge in [0.2, 0.25) is 0 Å². The van der Waals surface area contributed by atoms with Gasteiger partial charge >= 0.3 is 0 Å². The van der Waals surface area contributed by atoms with Crippen LogP contribution in [0.1, 0.15) is 35.8 Å². The van der Waals surface area contributed by atoms with Crippen molar-refractivity contribution in [2.75, 3.05) is 13.1 Å². The summed E-state index contributed by atoms with van der Waals surface area (Å²) in [4.78, 5) is 11.1. The van der Waals surface area contributed by atoms with E-state index in [1.54, 1.807) is 11.3 Å². The maximum absolute atomic E-state index is 14.0. The van der Waals surface area contributed by atoms with E-state index in [4.69, 9.17) is 0 Å². The second kappa shape index (κ2) is 7.63. The van der Waals surface area contributed by atoms with Gasteiger partial charge in [0, 0.05) is 42.3 Å². The van der Waals surface area contributed by atoms with E-state index >= 15 is 0 Å². The van der Waals surface area contributed by atoms with Crippen LogP contribution < -0.4 is 0 Å². The van der Waals surface area contributed by atoms with Gasteiger partial charge in [0.25, 0.3) is 0 Å². The van der Waals surface area contributed by atoms with E-state index in [0.717, 1.165) is 43.5 Å². The third-order valence-electron chi connectivity index (χ3n) is 4.84. The first-order valence-corrected chi connectivity index (χ1v) is 9.67. The SMILES string of the molecule is Fc1ccc(F)c(CN2CCCC(c3nccn3Cc3cscn3)C2)c1. The van der Waals surface area contributed by atoms with E-state index in [9.17, 15) is 8.78 Å². The predicted octanol–water partition coefficient (Wildman–Crippen LogP) is 4.05. The van der Waals surface area contributed by atoms with Gasteiger partial charge in [-0.25, -0.2) is 18.7 Å². The first-order chi connectivity index (χ1) is 12.7. The number of likely N-dealkylation sites (tertiary alicyclic amines) is 1. The van der Waals surface area contributed by atoms with Crippen LogP contribution in [-0.2, 0) is 13.1 Å². The number of imidazole rings is 1. The molecule has 4 nitrogen and oxygen atoms in total. The highest BCUT2D eigenvalue weighted by molar-refractivity contribution is 7.07. The Kier molecular flexibility index (Phi) is 5.08. The van der Waals surface area contributed by atoms with Crippen LogP contribution in [0.2, 0.25) is 0 Å². The lowest BCUT2D eigenvalue weighted by Crippen LogP contribution is -2.35. The normalized spacial score (nSPS) is 18.3. The molecule has 1 aliphatic rings. The third-order valence-corrected chi connectivity index (χ3v) is 5.47. The maximum Gasteiger partial charge on any atom is 0.127 e. The highest BCUT2D eigenvalue weighted by atomic mass is 32.1. The second-order valence-corrected chi connectivity index (χ2v) is 7.42. The summed E-state index contributed by atoms with van der Waals surface area (Å²) in [6.45, 7) is 2.82. The number of hydrogen-bond donors (Lipinski definition) is 0. The van der Waals surface area contributed by atoms with Crippen molar-refractivity contribution in [3.63, 3.8) is 0 Å². The number of nitrogens with zero attached hydrogens (tertiary/aromatic N) is 4. The topological polar surface area (TPSA) is 34.0 Å².